The maximum absolute atomic E-state index is 5.81. The van der Waals surface area contributed by atoms with E-state index >= 15 is 0 Å². The third-order valence-corrected chi connectivity index (χ3v) is 4.69. The summed E-state index contributed by atoms with van der Waals surface area (Å²) in [5.74, 6) is 0.997. The van der Waals surface area contributed by atoms with E-state index < -0.39 is 0 Å². The van der Waals surface area contributed by atoms with Crippen molar-refractivity contribution in [3.63, 3.8) is 0 Å². The quantitative estimate of drug-likeness (QED) is 0.459. The molecule has 0 spiro atoms. The van der Waals surface area contributed by atoms with Crippen molar-refractivity contribution < 1.29 is 4.42 Å². The molecule has 0 radical (unpaired) electrons. The SMILES string of the molecule is c1coc(C(c2c[nH]c3ccccc23)c2c[nH]c3ccccc23)c1. The molecule has 3 nitrogen and oxygen atoms in total. The first-order valence-corrected chi connectivity index (χ1v) is 8.07. The zero-order valence-corrected chi connectivity index (χ0v) is 13.0. The van der Waals surface area contributed by atoms with Gasteiger partial charge in [-0.15, -0.1) is 0 Å². The maximum Gasteiger partial charge on any atom is 0.115 e. The molecule has 0 aliphatic rings. The van der Waals surface area contributed by atoms with Crippen LogP contribution in [0.4, 0.5) is 0 Å². The summed E-state index contributed by atoms with van der Waals surface area (Å²) in [6.45, 7) is 0. The highest BCUT2D eigenvalue weighted by atomic mass is 16.3. The summed E-state index contributed by atoms with van der Waals surface area (Å²) in [5.41, 5.74) is 4.74. The van der Waals surface area contributed by atoms with Crippen LogP contribution in [0.1, 0.15) is 22.8 Å². The van der Waals surface area contributed by atoms with Gasteiger partial charge in [-0.2, -0.15) is 0 Å². The minimum absolute atomic E-state index is 0.0484. The molecular formula is C21H16N2O. The number of rotatable bonds is 3. The molecule has 0 bridgehead atoms. The normalized spacial score (nSPS) is 11.7. The van der Waals surface area contributed by atoms with Crippen LogP contribution in [0.2, 0.25) is 0 Å². The lowest BCUT2D eigenvalue weighted by Crippen LogP contribution is -2.00. The molecule has 24 heavy (non-hydrogen) atoms. The first-order chi connectivity index (χ1) is 11.9. The van der Waals surface area contributed by atoms with E-state index in [4.69, 9.17) is 4.42 Å². The largest absolute Gasteiger partial charge is 0.468 e. The first-order valence-electron chi connectivity index (χ1n) is 8.07. The van der Waals surface area contributed by atoms with Crippen molar-refractivity contribution in [2.75, 3.05) is 0 Å². The zero-order valence-electron chi connectivity index (χ0n) is 13.0. The van der Waals surface area contributed by atoms with Crippen molar-refractivity contribution in [1.29, 1.82) is 0 Å². The van der Waals surface area contributed by atoms with Crippen LogP contribution in [-0.4, -0.2) is 9.97 Å². The standard InChI is InChI=1S/C21H16N2O/c1-3-8-18-14(6-1)16(12-22-18)21(20-10-5-11-24-20)17-13-23-19-9-4-2-7-15(17)19/h1-13,21-23H. The molecule has 3 aromatic heterocycles. The Bertz CT molecular complexity index is 1040. The van der Waals surface area contributed by atoms with Gasteiger partial charge in [0.1, 0.15) is 5.76 Å². The second kappa shape index (κ2) is 5.17. The molecule has 0 aliphatic heterocycles. The third kappa shape index (κ3) is 1.91. The van der Waals surface area contributed by atoms with Gasteiger partial charge in [-0.05, 0) is 35.4 Å². The van der Waals surface area contributed by atoms with Crippen LogP contribution in [0.3, 0.4) is 0 Å². The van der Waals surface area contributed by atoms with Crippen LogP contribution in [0.15, 0.2) is 83.7 Å². The number of H-pyrrole nitrogens is 2. The third-order valence-electron chi connectivity index (χ3n) is 4.69. The highest BCUT2D eigenvalue weighted by Gasteiger charge is 2.25. The predicted molar refractivity (Wildman–Crippen MR) is 96.3 cm³/mol. The molecule has 0 saturated carbocycles. The lowest BCUT2D eigenvalue weighted by Gasteiger charge is -2.14. The summed E-state index contributed by atoms with van der Waals surface area (Å²) in [4.78, 5) is 6.78. The van der Waals surface area contributed by atoms with Crippen LogP contribution in [0, 0.1) is 0 Å². The highest BCUT2D eigenvalue weighted by Crippen LogP contribution is 2.39. The minimum Gasteiger partial charge on any atom is -0.468 e. The van der Waals surface area contributed by atoms with Gasteiger partial charge < -0.3 is 14.4 Å². The maximum atomic E-state index is 5.81. The lowest BCUT2D eigenvalue weighted by molar-refractivity contribution is 0.504. The number of hydrogen-bond donors (Lipinski definition) is 2. The Labute approximate surface area is 138 Å². The topological polar surface area (TPSA) is 44.7 Å². The summed E-state index contributed by atoms with van der Waals surface area (Å²) in [5, 5.41) is 2.45. The van der Waals surface area contributed by atoms with Crippen LogP contribution >= 0.6 is 0 Å². The summed E-state index contributed by atoms with van der Waals surface area (Å²) in [7, 11) is 0. The Balaban J connectivity index is 1.80. The lowest BCUT2D eigenvalue weighted by atomic mass is 9.88. The van der Waals surface area contributed by atoms with Crippen LogP contribution in [0.5, 0.6) is 0 Å². The summed E-state index contributed by atoms with van der Waals surface area (Å²) in [6, 6.07) is 20.8. The number of benzene rings is 2. The van der Waals surface area contributed by atoms with Crippen molar-refractivity contribution in [2.45, 2.75) is 5.92 Å². The predicted octanol–water partition coefficient (Wildman–Crippen LogP) is 5.42. The fourth-order valence-corrected chi connectivity index (χ4v) is 3.60. The Hall–Kier alpha value is -3.20. The van der Waals surface area contributed by atoms with Crippen LogP contribution in [0.25, 0.3) is 21.8 Å². The van der Waals surface area contributed by atoms with E-state index in [0.29, 0.717) is 0 Å². The number of para-hydroxylation sites is 2. The van der Waals surface area contributed by atoms with Gasteiger partial charge in [-0.3, -0.25) is 0 Å². The molecular weight excluding hydrogens is 296 g/mol. The van der Waals surface area contributed by atoms with Crippen molar-refractivity contribution >= 4 is 21.8 Å². The van der Waals surface area contributed by atoms with Gasteiger partial charge in [0.2, 0.25) is 0 Å². The number of nitrogens with one attached hydrogen (secondary N) is 2. The zero-order chi connectivity index (χ0) is 15.9. The summed E-state index contributed by atoms with van der Waals surface area (Å²) >= 11 is 0. The van der Waals surface area contributed by atoms with Crippen molar-refractivity contribution in [2.24, 2.45) is 0 Å². The van der Waals surface area contributed by atoms with E-state index in [2.05, 4.69) is 70.9 Å². The second-order valence-corrected chi connectivity index (χ2v) is 6.03. The molecule has 3 heteroatoms. The minimum atomic E-state index is 0.0484. The van der Waals surface area contributed by atoms with E-state index in [0.717, 1.165) is 16.8 Å². The molecule has 3 heterocycles. The number of aromatic nitrogens is 2. The summed E-state index contributed by atoms with van der Waals surface area (Å²) < 4.78 is 5.81. The molecule has 0 fully saturated rings. The highest BCUT2D eigenvalue weighted by molar-refractivity contribution is 5.88. The second-order valence-electron chi connectivity index (χ2n) is 6.03. The van der Waals surface area contributed by atoms with Gasteiger partial charge in [-0.1, -0.05) is 36.4 Å². The van der Waals surface area contributed by atoms with Gasteiger partial charge >= 0.3 is 0 Å². The first kappa shape index (κ1) is 13.3. The molecule has 2 aromatic carbocycles. The number of aromatic amines is 2. The van der Waals surface area contributed by atoms with Crippen molar-refractivity contribution in [1.82, 2.24) is 9.97 Å². The molecule has 0 aliphatic carbocycles. The average molecular weight is 312 g/mol. The number of furan rings is 1. The molecule has 5 aromatic rings. The van der Waals surface area contributed by atoms with Gasteiger partial charge in [0.25, 0.3) is 0 Å². The number of fused-ring (bicyclic) bond motifs is 2. The van der Waals surface area contributed by atoms with Crippen molar-refractivity contribution in [3.8, 4) is 0 Å². The molecule has 0 saturated heterocycles. The molecule has 0 amide bonds. The molecule has 2 N–H and O–H groups in total. The van der Waals surface area contributed by atoms with Gasteiger partial charge in [0.15, 0.2) is 0 Å². The molecule has 5 rings (SSSR count). The Morgan fingerprint density at radius 3 is 1.79 bits per heavy atom. The van der Waals surface area contributed by atoms with Gasteiger partial charge in [0, 0.05) is 34.2 Å². The smallest absolute Gasteiger partial charge is 0.115 e. The van der Waals surface area contributed by atoms with E-state index in [1.54, 1.807) is 6.26 Å². The van der Waals surface area contributed by atoms with E-state index in [1.165, 1.54) is 21.9 Å². The van der Waals surface area contributed by atoms with Gasteiger partial charge in [-0.25, -0.2) is 0 Å². The van der Waals surface area contributed by atoms with Gasteiger partial charge in [0.05, 0.1) is 12.2 Å². The fraction of sp³-hybridized carbons (Fsp3) is 0.0476. The fourth-order valence-electron chi connectivity index (χ4n) is 3.60. The van der Waals surface area contributed by atoms with E-state index in [-0.39, 0.29) is 5.92 Å². The average Bonchev–Trinajstić information content (AvgIpc) is 3.36. The van der Waals surface area contributed by atoms with E-state index in [1.807, 2.05) is 12.1 Å². The number of hydrogen-bond acceptors (Lipinski definition) is 1. The Morgan fingerprint density at radius 2 is 1.25 bits per heavy atom. The van der Waals surface area contributed by atoms with Crippen molar-refractivity contribution in [3.05, 3.63) is 96.2 Å². The van der Waals surface area contributed by atoms with Crippen LogP contribution < -0.4 is 0 Å². The molecule has 116 valence electrons. The Kier molecular flexibility index (Phi) is 2.85. The molecule has 0 atom stereocenters. The Morgan fingerprint density at radius 1 is 0.667 bits per heavy atom. The monoisotopic (exact) mass is 312 g/mol. The van der Waals surface area contributed by atoms with E-state index in [9.17, 15) is 0 Å². The van der Waals surface area contributed by atoms with Crippen LogP contribution in [-0.2, 0) is 0 Å². The molecule has 0 unspecified atom stereocenters. The summed E-state index contributed by atoms with van der Waals surface area (Å²) in [6.07, 6.45) is 5.94.